The molecule has 0 heterocycles. The number of carbonyl (C=O) groups is 1. The van der Waals surface area contributed by atoms with Gasteiger partial charge in [-0.15, -0.1) is 0 Å². The number of unbranched alkanes of at least 4 members (excludes halogenated alkanes) is 28. The lowest BCUT2D eigenvalue weighted by molar-refractivity contribution is -0.870. The average molecular weight is 802 g/mol. The highest BCUT2D eigenvalue weighted by Crippen LogP contribution is 2.43. The van der Waals surface area contributed by atoms with Crippen LogP contribution in [-0.2, 0) is 18.4 Å². The van der Waals surface area contributed by atoms with Gasteiger partial charge in [0.1, 0.15) is 13.2 Å². The van der Waals surface area contributed by atoms with Crippen molar-refractivity contribution in [2.75, 3.05) is 40.9 Å². The van der Waals surface area contributed by atoms with E-state index >= 15 is 0 Å². The summed E-state index contributed by atoms with van der Waals surface area (Å²) in [7, 11) is 1.62. The highest BCUT2D eigenvalue weighted by molar-refractivity contribution is 7.47. The first-order valence-corrected chi connectivity index (χ1v) is 25.0. The van der Waals surface area contributed by atoms with E-state index in [9.17, 15) is 19.4 Å². The molecule has 0 saturated heterocycles. The number of hydrogen-bond donors (Lipinski definition) is 3. The monoisotopic (exact) mass is 802 g/mol. The maximum Gasteiger partial charge on any atom is 0.472 e. The summed E-state index contributed by atoms with van der Waals surface area (Å²) in [5.74, 6) is -0.151. The number of nitrogens with zero attached hydrogens (tertiary/aromatic N) is 1. The van der Waals surface area contributed by atoms with E-state index < -0.39 is 20.0 Å². The number of nitrogens with one attached hydrogen (secondary N) is 1. The van der Waals surface area contributed by atoms with Gasteiger partial charge in [-0.25, -0.2) is 4.57 Å². The number of carbonyl (C=O) groups excluding carboxylic acids is 1. The summed E-state index contributed by atoms with van der Waals surface area (Å²) in [5, 5.41) is 14.0. The standard InChI is InChI=1S/C46H93N2O6P/c1-6-8-10-12-14-16-18-20-22-24-25-27-29-31-33-35-37-39-45(49)44(43-54-55(51,52)53-42-41-48(3,4)5)47-46(50)40-38-36-34-32-30-28-26-23-21-19-17-15-13-11-9-7-2/h23,26,44-45,49H,6-22,24-25,27-43H2,1-5H3,(H-,47,50,51,52)/p+1/b26-23-. The third-order valence-corrected chi connectivity index (χ3v) is 11.7. The van der Waals surface area contributed by atoms with Gasteiger partial charge < -0.3 is 19.8 Å². The molecule has 0 radical (unpaired) electrons. The number of allylic oxidation sites excluding steroid dienone is 2. The van der Waals surface area contributed by atoms with Gasteiger partial charge in [-0.2, -0.15) is 0 Å². The smallest absolute Gasteiger partial charge is 0.391 e. The van der Waals surface area contributed by atoms with E-state index in [1.807, 2.05) is 21.1 Å². The predicted octanol–water partition coefficient (Wildman–Crippen LogP) is 13.1. The highest BCUT2D eigenvalue weighted by atomic mass is 31.2. The molecule has 0 spiro atoms. The minimum atomic E-state index is -4.31. The molecule has 8 nitrogen and oxygen atoms in total. The van der Waals surface area contributed by atoms with E-state index in [-0.39, 0.29) is 19.1 Å². The number of aliphatic hydroxyl groups excluding tert-OH is 1. The first kappa shape index (κ1) is 54.2. The van der Waals surface area contributed by atoms with E-state index in [1.165, 1.54) is 148 Å². The van der Waals surface area contributed by atoms with Crippen LogP contribution in [0.1, 0.15) is 226 Å². The minimum Gasteiger partial charge on any atom is -0.391 e. The Bertz CT molecular complexity index is 911. The summed E-state index contributed by atoms with van der Waals surface area (Å²) < 4.78 is 23.7. The van der Waals surface area contributed by atoms with Crippen molar-refractivity contribution in [1.82, 2.24) is 5.32 Å². The number of hydrogen-bond acceptors (Lipinski definition) is 5. The third kappa shape index (κ3) is 41.2. The molecule has 9 heteroatoms. The van der Waals surface area contributed by atoms with E-state index in [1.54, 1.807) is 0 Å². The quantitative estimate of drug-likeness (QED) is 0.0245. The lowest BCUT2D eigenvalue weighted by Crippen LogP contribution is -2.46. The zero-order chi connectivity index (χ0) is 40.7. The zero-order valence-electron chi connectivity index (χ0n) is 37.2. The molecule has 3 unspecified atom stereocenters. The molecule has 1 amide bonds. The van der Waals surface area contributed by atoms with Gasteiger partial charge in [0.2, 0.25) is 5.91 Å². The van der Waals surface area contributed by atoms with Crippen LogP contribution in [0.3, 0.4) is 0 Å². The fourth-order valence-electron chi connectivity index (χ4n) is 6.98. The number of phosphoric ester groups is 1. The maximum atomic E-state index is 12.9. The molecule has 0 aliphatic carbocycles. The molecule has 0 aliphatic rings. The van der Waals surface area contributed by atoms with E-state index in [4.69, 9.17) is 9.05 Å². The van der Waals surface area contributed by atoms with Gasteiger partial charge in [0.15, 0.2) is 0 Å². The van der Waals surface area contributed by atoms with Crippen LogP contribution in [0.4, 0.5) is 0 Å². The summed E-state index contributed by atoms with van der Waals surface area (Å²) in [5.41, 5.74) is 0. The number of rotatable bonds is 43. The molecular formula is C46H94N2O6P+. The molecule has 0 fully saturated rings. The number of aliphatic hydroxyl groups is 1. The van der Waals surface area contributed by atoms with Crippen molar-refractivity contribution in [1.29, 1.82) is 0 Å². The summed E-state index contributed by atoms with van der Waals surface area (Å²) in [6.45, 7) is 4.89. The molecule has 0 bridgehead atoms. The molecule has 3 N–H and O–H groups in total. The minimum absolute atomic E-state index is 0.0751. The zero-order valence-corrected chi connectivity index (χ0v) is 38.1. The topological polar surface area (TPSA) is 105 Å². The number of likely N-dealkylation sites (N-methyl/N-ethyl adjacent to an activating group) is 1. The van der Waals surface area contributed by atoms with Gasteiger partial charge in [0, 0.05) is 6.42 Å². The van der Waals surface area contributed by atoms with Gasteiger partial charge in [0.25, 0.3) is 0 Å². The molecule has 0 saturated carbocycles. The number of amides is 1. The van der Waals surface area contributed by atoms with Crippen LogP contribution >= 0.6 is 7.82 Å². The third-order valence-electron chi connectivity index (χ3n) is 10.8. The Kier molecular flexibility index (Phi) is 38.2. The van der Waals surface area contributed by atoms with Crippen LogP contribution in [0.2, 0.25) is 0 Å². The number of quaternary nitrogens is 1. The van der Waals surface area contributed by atoms with Crippen molar-refractivity contribution in [3.63, 3.8) is 0 Å². The van der Waals surface area contributed by atoms with E-state index in [0.717, 1.165) is 51.4 Å². The predicted molar refractivity (Wildman–Crippen MR) is 235 cm³/mol. The van der Waals surface area contributed by atoms with Crippen molar-refractivity contribution >= 4 is 13.7 Å². The molecule has 0 aromatic heterocycles. The number of phosphoric acid groups is 1. The van der Waals surface area contributed by atoms with Gasteiger partial charge in [-0.05, 0) is 38.5 Å². The van der Waals surface area contributed by atoms with Crippen molar-refractivity contribution in [2.45, 2.75) is 238 Å². The van der Waals surface area contributed by atoms with Crippen LogP contribution in [0.25, 0.3) is 0 Å². The Balaban J connectivity index is 4.33. The molecule has 3 atom stereocenters. The average Bonchev–Trinajstić information content (AvgIpc) is 3.13. The maximum absolute atomic E-state index is 12.9. The summed E-state index contributed by atoms with van der Waals surface area (Å²) >= 11 is 0. The van der Waals surface area contributed by atoms with Gasteiger partial charge in [-0.3, -0.25) is 13.8 Å². The normalized spacial score (nSPS) is 14.4. The van der Waals surface area contributed by atoms with Crippen molar-refractivity contribution in [3.05, 3.63) is 12.2 Å². The molecule has 328 valence electrons. The lowest BCUT2D eigenvalue weighted by atomic mass is 10.0. The van der Waals surface area contributed by atoms with Crippen molar-refractivity contribution in [3.8, 4) is 0 Å². The Morgan fingerprint density at radius 3 is 1.40 bits per heavy atom. The first-order valence-electron chi connectivity index (χ1n) is 23.6. The molecule has 0 aromatic carbocycles. The van der Waals surface area contributed by atoms with E-state index in [2.05, 4.69) is 31.3 Å². The SMILES string of the molecule is CCCCCCCCC/C=C\CCCCCCCC(=O)NC(COP(=O)(O)OCC[N+](C)(C)C)C(O)CCCCCCCCCCCCCCCCCCC. The Labute approximate surface area is 342 Å². The van der Waals surface area contributed by atoms with Crippen LogP contribution in [-0.4, -0.2) is 73.4 Å². The Morgan fingerprint density at radius 1 is 0.600 bits per heavy atom. The molecule has 0 rings (SSSR count). The summed E-state index contributed by atoms with van der Waals surface area (Å²) in [6.07, 6.45) is 43.7. The summed E-state index contributed by atoms with van der Waals surface area (Å²) in [6, 6.07) is -0.760. The Morgan fingerprint density at radius 2 is 0.982 bits per heavy atom. The first-order chi connectivity index (χ1) is 26.5. The van der Waals surface area contributed by atoms with Crippen molar-refractivity contribution in [2.24, 2.45) is 0 Å². The van der Waals surface area contributed by atoms with Gasteiger partial charge >= 0.3 is 7.82 Å². The van der Waals surface area contributed by atoms with Gasteiger partial charge in [-0.1, -0.05) is 193 Å². The molecule has 0 aliphatic heterocycles. The van der Waals surface area contributed by atoms with Crippen LogP contribution in [0.15, 0.2) is 12.2 Å². The van der Waals surface area contributed by atoms with Crippen molar-refractivity contribution < 1.29 is 32.9 Å². The molecule has 55 heavy (non-hydrogen) atoms. The largest absolute Gasteiger partial charge is 0.472 e. The molecule has 0 aromatic rings. The van der Waals surface area contributed by atoms with E-state index in [0.29, 0.717) is 23.9 Å². The highest BCUT2D eigenvalue weighted by Gasteiger charge is 2.28. The molecular weight excluding hydrogens is 707 g/mol. The van der Waals surface area contributed by atoms with Crippen LogP contribution in [0, 0.1) is 0 Å². The second-order valence-electron chi connectivity index (χ2n) is 17.5. The summed E-state index contributed by atoms with van der Waals surface area (Å²) in [4.78, 5) is 23.2. The van der Waals surface area contributed by atoms with Crippen LogP contribution < -0.4 is 5.32 Å². The van der Waals surface area contributed by atoms with Gasteiger partial charge in [0.05, 0.1) is 39.9 Å². The fraction of sp³-hybridized carbons (Fsp3) is 0.935. The fourth-order valence-corrected chi connectivity index (χ4v) is 7.72. The second kappa shape index (κ2) is 38.7. The Hall–Kier alpha value is -0.760. The lowest BCUT2D eigenvalue weighted by Gasteiger charge is -2.26. The van der Waals surface area contributed by atoms with Crippen LogP contribution in [0.5, 0.6) is 0 Å². The second-order valence-corrected chi connectivity index (χ2v) is 18.9.